The van der Waals surface area contributed by atoms with E-state index in [-0.39, 0.29) is 11.5 Å². The van der Waals surface area contributed by atoms with Crippen molar-refractivity contribution in [2.45, 2.75) is 13.3 Å². The van der Waals surface area contributed by atoms with Gasteiger partial charge in [0.2, 0.25) is 5.95 Å². The van der Waals surface area contributed by atoms with Gasteiger partial charge in [0.1, 0.15) is 5.65 Å². The summed E-state index contributed by atoms with van der Waals surface area (Å²) in [5.74, 6) is 0.126. The summed E-state index contributed by atoms with van der Waals surface area (Å²) in [7, 11) is 0. The van der Waals surface area contributed by atoms with Crippen LogP contribution in [-0.4, -0.2) is 15.0 Å². The summed E-state index contributed by atoms with van der Waals surface area (Å²) in [4.78, 5) is 21.5. The zero-order valence-corrected chi connectivity index (χ0v) is 10.5. The number of anilines is 1. The van der Waals surface area contributed by atoms with Crippen LogP contribution >= 0.6 is 0 Å². The van der Waals surface area contributed by atoms with E-state index in [0.29, 0.717) is 17.5 Å². The highest BCUT2D eigenvalue weighted by Crippen LogP contribution is 2.17. The van der Waals surface area contributed by atoms with Gasteiger partial charge in [0.25, 0.3) is 5.56 Å². The van der Waals surface area contributed by atoms with Crippen molar-refractivity contribution in [3.63, 3.8) is 0 Å². The monoisotopic (exact) mass is 254 g/mol. The number of nitrogens with two attached hydrogens (primary N) is 1. The van der Waals surface area contributed by atoms with Crippen molar-refractivity contribution in [2.75, 3.05) is 5.73 Å². The summed E-state index contributed by atoms with van der Waals surface area (Å²) in [6, 6.07) is 8.22. The van der Waals surface area contributed by atoms with Crippen LogP contribution in [0.1, 0.15) is 16.7 Å². The van der Waals surface area contributed by atoms with Gasteiger partial charge < -0.3 is 10.7 Å². The molecule has 4 N–H and O–H groups in total. The Kier molecular flexibility index (Phi) is 2.59. The van der Waals surface area contributed by atoms with Gasteiger partial charge in [0.15, 0.2) is 0 Å². The highest BCUT2D eigenvalue weighted by molar-refractivity contribution is 5.79. The molecule has 3 rings (SSSR count). The Morgan fingerprint density at radius 3 is 3.00 bits per heavy atom. The molecular weight excluding hydrogens is 240 g/mol. The second-order valence-electron chi connectivity index (χ2n) is 4.65. The lowest BCUT2D eigenvalue weighted by molar-refractivity contribution is 1.17. The van der Waals surface area contributed by atoms with Gasteiger partial charge in [-0.25, -0.2) is 0 Å². The largest absolute Gasteiger partial charge is 0.369 e. The van der Waals surface area contributed by atoms with E-state index >= 15 is 0 Å². The van der Waals surface area contributed by atoms with Crippen LogP contribution in [0.25, 0.3) is 11.0 Å². The molecule has 0 radical (unpaired) electrons. The molecule has 1 aromatic carbocycles. The van der Waals surface area contributed by atoms with Crippen LogP contribution in [0.3, 0.4) is 0 Å². The van der Waals surface area contributed by atoms with Gasteiger partial charge in [-0.3, -0.25) is 9.78 Å². The maximum absolute atomic E-state index is 11.9. The third kappa shape index (κ3) is 2.10. The summed E-state index contributed by atoms with van der Waals surface area (Å²) in [5.41, 5.74) is 9.14. The van der Waals surface area contributed by atoms with Crippen molar-refractivity contribution in [1.29, 1.82) is 0 Å². The fourth-order valence-corrected chi connectivity index (χ4v) is 2.30. The lowest BCUT2D eigenvalue weighted by atomic mass is 10.0. The first-order valence-electron chi connectivity index (χ1n) is 6.05. The van der Waals surface area contributed by atoms with E-state index in [4.69, 9.17) is 5.73 Å². The topological polar surface area (TPSA) is 87.6 Å². The molecule has 0 amide bonds. The van der Waals surface area contributed by atoms with Crippen molar-refractivity contribution in [3.05, 3.63) is 57.5 Å². The molecule has 0 unspecified atom stereocenters. The van der Waals surface area contributed by atoms with Gasteiger partial charge in [-0.2, -0.15) is 4.98 Å². The van der Waals surface area contributed by atoms with Gasteiger partial charge in [0, 0.05) is 6.20 Å². The number of H-pyrrole nitrogens is 2. The zero-order valence-electron chi connectivity index (χ0n) is 10.5. The first-order chi connectivity index (χ1) is 9.13. The average molecular weight is 254 g/mol. The predicted molar refractivity (Wildman–Crippen MR) is 75.1 cm³/mol. The number of fused-ring (bicyclic) bond motifs is 1. The summed E-state index contributed by atoms with van der Waals surface area (Å²) >= 11 is 0. The van der Waals surface area contributed by atoms with E-state index < -0.39 is 0 Å². The second kappa shape index (κ2) is 4.28. The van der Waals surface area contributed by atoms with Crippen molar-refractivity contribution in [2.24, 2.45) is 0 Å². The number of aromatic nitrogens is 3. The van der Waals surface area contributed by atoms with Crippen LogP contribution in [0.2, 0.25) is 0 Å². The molecule has 0 saturated carbocycles. The fourth-order valence-electron chi connectivity index (χ4n) is 2.30. The molecule has 0 fully saturated rings. The SMILES string of the molecule is Cc1cccc(Cc2c[nH]c3nc(N)[nH]c(=O)c23)c1. The first kappa shape index (κ1) is 11.5. The number of nitrogen functional groups attached to an aromatic ring is 1. The van der Waals surface area contributed by atoms with E-state index in [9.17, 15) is 4.79 Å². The van der Waals surface area contributed by atoms with Crippen LogP contribution in [0, 0.1) is 6.92 Å². The number of aryl methyl sites for hydroxylation is 1. The molecule has 3 aromatic rings. The lowest BCUT2D eigenvalue weighted by Crippen LogP contribution is -2.11. The average Bonchev–Trinajstić information content (AvgIpc) is 2.72. The minimum Gasteiger partial charge on any atom is -0.369 e. The molecule has 96 valence electrons. The van der Waals surface area contributed by atoms with Gasteiger partial charge >= 0.3 is 0 Å². The summed E-state index contributed by atoms with van der Waals surface area (Å²) in [6.07, 6.45) is 2.50. The molecule has 2 heterocycles. The highest BCUT2D eigenvalue weighted by Gasteiger charge is 2.10. The van der Waals surface area contributed by atoms with Crippen LogP contribution in [0.4, 0.5) is 5.95 Å². The Bertz CT molecular complexity index is 801. The third-order valence-corrected chi connectivity index (χ3v) is 3.12. The summed E-state index contributed by atoms with van der Waals surface area (Å²) in [5, 5.41) is 0.579. The molecule has 0 bridgehead atoms. The number of hydrogen-bond acceptors (Lipinski definition) is 3. The third-order valence-electron chi connectivity index (χ3n) is 3.12. The van der Waals surface area contributed by atoms with Crippen molar-refractivity contribution in [3.8, 4) is 0 Å². The molecular formula is C14H14N4O. The Labute approximate surface area is 109 Å². The predicted octanol–water partition coefficient (Wildman–Crippen LogP) is 1.73. The minimum absolute atomic E-state index is 0.126. The van der Waals surface area contributed by atoms with Crippen LogP contribution < -0.4 is 11.3 Å². The number of hydrogen-bond donors (Lipinski definition) is 3. The van der Waals surface area contributed by atoms with Gasteiger partial charge in [-0.1, -0.05) is 29.8 Å². The van der Waals surface area contributed by atoms with Crippen molar-refractivity contribution in [1.82, 2.24) is 15.0 Å². The summed E-state index contributed by atoms with van der Waals surface area (Å²) < 4.78 is 0. The van der Waals surface area contributed by atoms with Gasteiger partial charge in [-0.05, 0) is 24.5 Å². The molecule has 5 nitrogen and oxygen atoms in total. The van der Waals surface area contributed by atoms with E-state index in [1.807, 2.05) is 31.3 Å². The number of benzene rings is 1. The quantitative estimate of drug-likeness (QED) is 0.650. The smallest absolute Gasteiger partial charge is 0.262 e. The van der Waals surface area contributed by atoms with E-state index in [2.05, 4.69) is 21.0 Å². The molecule has 5 heteroatoms. The van der Waals surface area contributed by atoms with E-state index in [1.165, 1.54) is 5.56 Å². The fraction of sp³-hybridized carbons (Fsp3) is 0.143. The lowest BCUT2D eigenvalue weighted by Gasteiger charge is -2.01. The Balaban J connectivity index is 2.09. The van der Waals surface area contributed by atoms with Crippen LogP contribution in [-0.2, 0) is 6.42 Å². The highest BCUT2D eigenvalue weighted by atomic mass is 16.1. The van der Waals surface area contributed by atoms with Crippen molar-refractivity contribution < 1.29 is 0 Å². The molecule has 0 aliphatic heterocycles. The van der Waals surface area contributed by atoms with E-state index in [1.54, 1.807) is 0 Å². The molecule has 0 aliphatic carbocycles. The standard InChI is InChI=1S/C14H14N4O/c1-8-3-2-4-9(5-8)6-10-7-16-12-11(10)13(19)18-14(15)17-12/h2-5,7H,6H2,1H3,(H4,15,16,17,18,19). The Morgan fingerprint density at radius 1 is 1.37 bits per heavy atom. The molecule has 0 atom stereocenters. The Hall–Kier alpha value is -2.56. The van der Waals surface area contributed by atoms with Gasteiger partial charge in [0.05, 0.1) is 5.39 Å². The van der Waals surface area contributed by atoms with Crippen LogP contribution in [0.5, 0.6) is 0 Å². The first-order valence-corrected chi connectivity index (χ1v) is 6.05. The number of nitrogens with zero attached hydrogens (tertiary/aromatic N) is 1. The number of aromatic amines is 2. The van der Waals surface area contributed by atoms with Crippen LogP contribution in [0.15, 0.2) is 35.3 Å². The number of rotatable bonds is 2. The normalized spacial score (nSPS) is 11.0. The zero-order chi connectivity index (χ0) is 13.4. The van der Waals surface area contributed by atoms with Gasteiger partial charge in [-0.15, -0.1) is 0 Å². The molecule has 0 aliphatic rings. The van der Waals surface area contributed by atoms with E-state index in [0.717, 1.165) is 11.1 Å². The Morgan fingerprint density at radius 2 is 2.21 bits per heavy atom. The maximum Gasteiger partial charge on any atom is 0.262 e. The second-order valence-corrected chi connectivity index (χ2v) is 4.65. The molecule has 0 saturated heterocycles. The summed E-state index contributed by atoms with van der Waals surface area (Å²) in [6.45, 7) is 2.05. The van der Waals surface area contributed by atoms with Crippen molar-refractivity contribution >= 4 is 17.0 Å². The molecule has 0 spiro atoms. The maximum atomic E-state index is 11.9. The number of nitrogens with one attached hydrogen (secondary N) is 2. The molecule has 19 heavy (non-hydrogen) atoms. The minimum atomic E-state index is -0.202. The molecule has 2 aromatic heterocycles.